The van der Waals surface area contributed by atoms with Crippen molar-refractivity contribution >= 4 is 47.6 Å². The van der Waals surface area contributed by atoms with Gasteiger partial charge in [0.2, 0.25) is 0 Å². The molecule has 0 aromatic heterocycles. The summed E-state index contributed by atoms with van der Waals surface area (Å²) in [5.74, 6) is 0. The lowest BCUT2D eigenvalue weighted by Crippen LogP contribution is -2.40. The van der Waals surface area contributed by atoms with Gasteiger partial charge in [-0.2, -0.15) is 0 Å². The molecule has 0 aliphatic rings. The highest BCUT2D eigenvalue weighted by Gasteiger charge is 2.36. The summed E-state index contributed by atoms with van der Waals surface area (Å²) in [6.45, 7) is 12.4. The van der Waals surface area contributed by atoms with Gasteiger partial charge in [0.1, 0.15) is 0 Å². The Balaban J connectivity index is 3.46. The number of hydrogen-bond donors (Lipinski definition) is 0. The summed E-state index contributed by atoms with van der Waals surface area (Å²) < 4.78 is 6.16. The average Bonchev–Trinajstić information content (AvgIpc) is 2.23. The van der Waals surface area contributed by atoms with Gasteiger partial charge in [-0.3, -0.25) is 0 Å². The summed E-state index contributed by atoms with van der Waals surface area (Å²) in [5.41, 5.74) is 0. The second-order valence-electron chi connectivity index (χ2n) is 7.10. The van der Waals surface area contributed by atoms with Crippen LogP contribution in [0, 0.1) is 0 Å². The third-order valence-corrected chi connectivity index (χ3v) is 11.3. The lowest BCUT2D eigenvalue weighted by Gasteiger charge is -2.36. The highest BCUT2D eigenvalue weighted by atomic mass is 35.8. The number of halogens is 3. The maximum absolute atomic E-state index is 6.16. The molecule has 0 N–H and O–H groups in total. The summed E-state index contributed by atoms with van der Waals surface area (Å²) in [6.07, 6.45) is 7.18. The van der Waals surface area contributed by atoms with Crippen LogP contribution in [0.1, 0.15) is 59.3 Å². The summed E-state index contributed by atoms with van der Waals surface area (Å²) in [6, 6.07) is -1.58. The Labute approximate surface area is 142 Å². The van der Waals surface area contributed by atoms with Crippen molar-refractivity contribution in [1.29, 1.82) is 0 Å². The van der Waals surface area contributed by atoms with Gasteiger partial charge in [0.05, 0.1) is 0 Å². The van der Waals surface area contributed by atoms with Crippen molar-refractivity contribution in [1.82, 2.24) is 0 Å². The monoisotopic (exact) mass is 376 g/mol. The topological polar surface area (TPSA) is 9.23 Å². The molecule has 0 spiro atoms. The van der Waals surface area contributed by atoms with E-state index in [-0.39, 0.29) is 0 Å². The number of rotatable bonds is 10. The molecular weight excluding hydrogens is 347 g/mol. The molecule has 0 heterocycles. The van der Waals surface area contributed by atoms with Crippen molar-refractivity contribution in [3.8, 4) is 0 Å². The molecule has 0 atom stereocenters. The van der Waals surface area contributed by atoms with Crippen molar-refractivity contribution in [3.63, 3.8) is 0 Å². The van der Waals surface area contributed by atoms with Crippen LogP contribution in [0.4, 0.5) is 0 Å². The lowest BCUT2D eigenvalue weighted by molar-refractivity contribution is 0.277. The maximum Gasteiger partial charge on any atom is 0.341 e. The summed E-state index contributed by atoms with van der Waals surface area (Å²) in [7, 11) is -1.55. The molecule has 0 saturated heterocycles. The van der Waals surface area contributed by atoms with Crippen LogP contribution in [0.25, 0.3) is 0 Å². The molecule has 0 bridgehead atoms. The SMILES string of the molecule is CC(C)(C)[Si](C)(C)OCCCCCCCC[Si](Cl)(Cl)Cl. The van der Waals surface area contributed by atoms with Crippen LogP contribution in [-0.4, -0.2) is 20.9 Å². The van der Waals surface area contributed by atoms with E-state index in [1.165, 1.54) is 32.1 Å². The van der Waals surface area contributed by atoms with Gasteiger partial charge in [-0.1, -0.05) is 52.9 Å². The van der Waals surface area contributed by atoms with E-state index >= 15 is 0 Å². The fourth-order valence-electron chi connectivity index (χ4n) is 1.68. The summed E-state index contributed by atoms with van der Waals surface area (Å²) in [4.78, 5) is 0. The van der Waals surface area contributed by atoms with E-state index in [0.717, 1.165) is 19.1 Å². The van der Waals surface area contributed by atoms with E-state index in [1.54, 1.807) is 0 Å². The lowest BCUT2D eigenvalue weighted by atomic mass is 10.1. The Morgan fingerprint density at radius 1 is 0.800 bits per heavy atom. The molecule has 20 heavy (non-hydrogen) atoms. The minimum absolute atomic E-state index is 0.314. The van der Waals surface area contributed by atoms with Crippen LogP contribution in [0.3, 0.4) is 0 Å². The van der Waals surface area contributed by atoms with Crippen molar-refractivity contribution in [2.75, 3.05) is 6.61 Å². The van der Waals surface area contributed by atoms with E-state index in [1.807, 2.05) is 0 Å². The molecular formula is C14H31Cl3OSi2. The van der Waals surface area contributed by atoms with Gasteiger partial charge in [0.15, 0.2) is 8.32 Å². The van der Waals surface area contributed by atoms with Crippen LogP contribution in [0.2, 0.25) is 24.2 Å². The molecule has 0 aliphatic heterocycles. The van der Waals surface area contributed by atoms with E-state index in [9.17, 15) is 0 Å². The second-order valence-corrected chi connectivity index (χ2v) is 21.2. The highest BCUT2D eigenvalue weighted by Crippen LogP contribution is 2.36. The van der Waals surface area contributed by atoms with E-state index < -0.39 is 14.3 Å². The van der Waals surface area contributed by atoms with Crippen LogP contribution < -0.4 is 0 Å². The molecule has 1 nitrogen and oxygen atoms in total. The molecule has 0 aliphatic carbocycles. The third-order valence-electron chi connectivity index (χ3n) is 4.12. The first-order valence-corrected chi connectivity index (χ1v) is 15.8. The molecule has 0 saturated carbocycles. The van der Waals surface area contributed by atoms with Crippen LogP contribution >= 0.6 is 33.2 Å². The Morgan fingerprint density at radius 3 is 1.70 bits per heavy atom. The minimum atomic E-state index is -2.38. The molecule has 0 radical (unpaired) electrons. The molecule has 0 rings (SSSR count). The first-order chi connectivity index (χ1) is 8.96. The number of hydrogen-bond acceptors (Lipinski definition) is 1. The zero-order chi connectivity index (χ0) is 15.9. The zero-order valence-corrected chi connectivity index (χ0v) is 18.0. The highest BCUT2D eigenvalue weighted by molar-refractivity contribution is 7.64. The Bertz CT molecular complexity index is 260. The smallest absolute Gasteiger partial charge is 0.341 e. The first-order valence-electron chi connectivity index (χ1n) is 7.66. The predicted molar refractivity (Wildman–Crippen MR) is 99.0 cm³/mol. The van der Waals surface area contributed by atoms with Crippen molar-refractivity contribution < 1.29 is 4.43 Å². The molecule has 122 valence electrons. The Morgan fingerprint density at radius 2 is 1.25 bits per heavy atom. The molecule has 0 aromatic rings. The molecule has 0 aromatic carbocycles. The van der Waals surface area contributed by atoms with Gasteiger partial charge < -0.3 is 4.43 Å². The third kappa shape index (κ3) is 10.9. The van der Waals surface area contributed by atoms with Gasteiger partial charge in [-0.25, -0.2) is 0 Å². The van der Waals surface area contributed by atoms with Crippen molar-refractivity contribution in [2.45, 2.75) is 83.5 Å². The van der Waals surface area contributed by atoms with Gasteiger partial charge in [-0.15, -0.1) is 33.2 Å². The van der Waals surface area contributed by atoms with Crippen LogP contribution in [-0.2, 0) is 4.43 Å². The normalized spacial score (nSPS) is 13.8. The van der Waals surface area contributed by atoms with Gasteiger partial charge in [0.25, 0.3) is 0 Å². The summed E-state index contributed by atoms with van der Waals surface area (Å²) >= 11 is 17.6. The van der Waals surface area contributed by atoms with Gasteiger partial charge in [-0.05, 0) is 30.6 Å². The van der Waals surface area contributed by atoms with Crippen LogP contribution in [0.15, 0.2) is 0 Å². The minimum Gasteiger partial charge on any atom is -0.417 e. The summed E-state index contributed by atoms with van der Waals surface area (Å²) in [5, 5.41) is 0.314. The van der Waals surface area contributed by atoms with Crippen molar-refractivity contribution in [2.24, 2.45) is 0 Å². The Kier molecular flexibility index (Phi) is 10.0. The molecule has 6 heteroatoms. The number of unbranched alkanes of at least 4 members (excludes halogenated alkanes) is 5. The largest absolute Gasteiger partial charge is 0.417 e. The zero-order valence-electron chi connectivity index (χ0n) is 13.7. The van der Waals surface area contributed by atoms with Crippen molar-refractivity contribution in [3.05, 3.63) is 0 Å². The van der Waals surface area contributed by atoms with E-state index in [0.29, 0.717) is 5.04 Å². The average molecular weight is 378 g/mol. The Hall–Kier alpha value is 1.26. The fraction of sp³-hybridized carbons (Fsp3) is 1.00. The van der Waals surface area contributed by atoms with Gasteiger partial charge >= 0.3 is 6.00 Å². The molecule has 0 amide bonds. The van der Waals surface area contributed by atoms with E-state index in [2.05, 4.69) is 33.9 Å². The molecule has 0 unspecified atom stereocenters. The van der Waals surface area contributed by atoms with Crippen LogP contribution in [0.5, 0.6) is 0 Å². The quantitative estimate of drug-likeness (QED) is 0.226. The predicted octanol–water partition coefficient (Wildman–Crippen LogP) is 7.00. The van der Waals surface area contributed by atoms with E-state index in [4.69, 9.17) is 37.7 Å². The first kappa shape index (κ1) is 21.3. The maximum atomic E-state index is 6.16. The van der Waals surface area contributed by atoms with Gasteiger partial charge in [0, 0.05) is 6.61 Å². The molecule has 0 fully saturated rings. The fourth-order valence-corrected chi connectivity index (χ4v) is 4.62. The standard InChI is InChI=1S/C14H31Cl3OSi2/c1-14(2,3)19(4,5)18-12-10-8-6-7-9-11-13-20(15,16)17/h6-13H2,1-5H3. The second kappa shape index (κ2) is 9.41.